The van der Waals surface area contributed by atoms with Gasteiger partial charge in [0, 0.05) is 18.5 Å². The maximum Gasteiger partial charge on any atom is 0.326 e. The molecule has 0 saturated carbocycles. The van der Waals surface area contributed by atoms with Crippen LogP contribution < -0.4 is 0 Å². The van der Waals surface area contributed by atoms with Crippen LogP contribution in [0, 0.1) is 22.7 Å². The maximum atomic E-state index is 12.4. The fourth-order valence-corrected chi connectivity index (χ4v) is 4.78. The van der Waals surface area contributed by atoms with Gasteiger partial charge in [-0.1, -0.05) is 43.7 Å². The molecule has 1 fully saturated rings. The van der Waals surface area contributed by atoms with Crippen LogP contribution in [0.2, 0.25) is 0 Å². The van der Waals surface area contributed by atoms with Crippen LogP contribution in [-0.4, -0.2) is 41.0 Å². The number of hydrogen-bond donors (Lipinski definition) is 0. The lowest BCUT2D eigenvalue weighted by Crippen LogP contribution is -2.44. The second-order valence-electron chi connectivity index (χ2n) is 7.74. The van der Waals surface area contributed by atoms with Gasteiger partial charge in [-0.3, -0.25) is 9.59 Å². The Bertz CT molecular complexity index is 891. The van der Waals surface area contributed by atoms with Gasteiger partial charge in [0.2, 0.25) is 0 Å². The summed E-state index contributed by atoms with van der Waals surface area (Å²) in [5, 5.41) is 1.95. The Morgan fingerprint density at radius 2 is 1.82 bits per heavy atom. The fraction of sp³-hybridized carbons (Fsp3) is 0.476. The van der Waals surface area contributed by atoms with E-state index in [2.05, 4.69) is 13.8 Å². The van der Waals surface area contributed by atoms with Crippen LogP contribution in [0.3, 0.4) is 0 Å². The summed E-state index contributed by atoms with van der Waals surface area (Å²) in [7, 11) is 0. The van der Waals surface area contributed by atoms with Crippen molar-refractivity contribution < 1.29 is 14.3 Å². The first-order valence-electron chi connectivity index (χ1n) is 9.52. The van der Waals surface area contributed by atoms with Gasteiger partial charge in [-0.15, -0.1) is 11.3 Å². The van der Waals surface area contributed by atoms with Crippen LogP contribution in [0.15, 0.2) is 29.6 Å². The molecule has 1 aromatic carbocycles. The molecule has 7 heteroatoms. The first-order valence-corrected chi connectivity index (χ1v) is 10.8. The normalized spacial score (nSPS) is 19.5. The standard InChI is InChI=1S/C21H26N2O3S2/c1-14-4-6-17(7-5-14)18-13-28-21(27)23(18)11-20(25)26-12-19(24)22-9-15(2)8-16(3)10-22/h4-7,13,15-16H,8-12H2,1-3H3. The zero-order chi connectivity index (χ0) is 20.3. The molecule has 1 aliphatic rings. The lowest BCUT2D eigenvalue weighted by atomic mass is 9.92. The van der Waals surface area contributed by atoms with Crippen LogP contribution in [0.4, 0.5) is 0 Å². The molecule has 0 aliphatic carbocycles. The minimum atomic E-state index is -0.450. The predicted molar refractivity (Wildman–Crippen MR) is 114 cm³/mol. The van der Waals surface area contributed by atoms with Gasteiger partial charge in [-0.05, 0) is 43.0 Å². The molecule has 3 rings (SSSR count). The smallest absolute Gasteiger partial charge is 0.326 e. The van der Waals surface area contributed by atoms with Crippen LogP contribution in [0.1, 0.15) is 25.8 Å². The Balaban J connectivity index is 1.61. The van der Waals surface area contributed by atoms with Crippen molar-refractivity contribution >= 4 is 35.4 Å². The van der Waals surface area contributed by atoms with E-state index in [4.69, 9.17) is 17.0 Å². The van der Waals surface area contributed by atoms with E-state index < -0.39 is 5.97 Å². The Morgan fingerprint density at radius 3 is 2.46 bits per heavy atom. The molecule has 28 heavy (non-hydrogen) atoms. The zero-order valence-electron chi connectivity index (χ0n) is 16.5. The largest absolute Gasteiger partial charge is 0.454 e. The molecule has 0 bridgehead atoms. The summed E-state index contributed by atoms with van der Waals surface area (Å²) in [6, 6.07) is 8.07. The highest BCUT2D eigenvalue weighted by Crippen LogP contribution is 2.25. The molecule has 1 aliphatic heterocycles. The maximum absolute atomic E-state index is 12.4. The molecule has 5 nitrogen and oxygen atoms in total. The molecular weight excluding hydrogens is 392 g/mol. The van der Waals surface area contributed by atoms with E-state index in [1.54, 1.807) is 9.47 Å². The van der Waals surface area contributed by atoms with Crippen LogP contribution in [0.25, 0.3) is 11.3 Å². The fourth-order valence-electron chi connectivity index (χ4n) is 3.70. The molecule has 1 aromatic heterocycles. The number of amides is 1. The molecule has 0 N–H and O–H groups in total. The second-order valence-corrected chi connectivity index (χ2v) is 9.25. The van der Waals surface area contributed by atoms with E-state index in [0.29, 0.717) is 15.8 Å². The van der Waals surface area contributed by atoms with E-state index in [1.807, 2.05) is 36.6 Å². The molecule has 2 aromatic rings. The van der Waals surface area contributed by atoms with Gasteiger partial charge in [0.05, 0.1) is 5.69 Å². The van der Waals surface area contributed by atoms with Crippen molar-refractivity contribution in [1.29, 1.82) is 0 Å². The Labute approximate surface area is 174 Å². The lowest BCUT2D eigenvalue weighted by molar-refractivity contribution is -0.153. The number of likely N-dealkylation sites (tertiary alicyclic amines) is 1. The number of carbonyl (C=O) groups excluding carboxylic acids is 2. The van der Waals surface area contributed by atoms with Gasteiger partial charge in [0.25, 0.3) is 5.91 Å². The van der Waals surface area contributed by atoms with Gasteiger partial charge in [0.1, 0.15) is 6.54 Å². The van der Waals surface area contributed by atoms with E-state index in [9.17, 15) is 9.59 Å². The highest BCUT2D eigenvalue weighted by atomic mass is 32.1. The second kappa shape index (κ2) is 9.01. The van der Waals surface area contributed by atoms with Crippen molar-refractivity contribution in [3.63, 3.8) is 0 Å². The first-order chi connectivity index (χ1) is 13.3. The number of thiazole rings is 1. The number of carbonyl (C=O) groups is 2. The number of rotatable bonds is 5. The number of ether oxygens (including phenoxy) is 1. The van der Waals surface area contributed by atoms with E-state index in [-0.39, 0.29) is 19.1 Å². The summed E-state index contributed by atoms with van der Waals surface area (Å²) in [5.41, 5.74) is 3.05. The summed E-state index contributed by atoms with van der Waals surface area (Å²) < 4.78 is 7.65. The summed E-state index contributed by atoms with van der Waals surface area (Å²) in [5.74, 6) is 0.378. The number of esters is 1. The van der Waals surface area contributed by atoms with Crippen molar-refractivity contribution in [2.45, 2.75) is 33.7 Å². The monoisotopic (exact) mass is 418 g/mol. The Morgan fingerprint density at radius 1 is 1.18 bits per heavy atom. The molecular formula is C21H26N2O3S2. The lowest BCUT2D eigenvalue weighted by Gasteiger charge is -2.34. The Kier molecular flexibility index (Phi) is 6.67. The third kappa shape index (κ3) is 5.08. The summed E-state index contributed by atoms with van der Waals surface area (Å²) >= 11 is 6.79. The Hall–Kier alpha value is -1.99. The predicted octanol–water partition coefficient (Wildman–Crippen LogP) is 4.30. The molecule has 2 unspecified atom stereocenters. The first kappa shape index (κ1) is 20.7. The van der Waals surface area contributed by atoms with Crippen molar-refractivity contribution in [1.82, 2.24) is 9.47 Å². The average Bonchev–Trinajstić information content (AvgIpc) is 3.00. The summed E-state index contributed by atoms with van der Waals surface area (Å²) in [4.78, 5) is 26.6. The third-order valence-corrected chi connectivity index (χ3v) is 6.27. The molecule has 1 saturated heterocycles. The van der Waals surface area contributed by atoms with Gasteiger partial charge < -0.3 is 14.2 Å². The van der Waals surface area contributed by atoms with Gasteiger partial charge >= 0.3 is 5.97 Å². The topological polar surface area (TPSA) is 51.5 Å². The number of piperidine rings is 1. The molecule has 1 amide bonds. The van der Waals surface area contributed by atoms with Gasteiger partial charge in [-0.25, -0.2) is 0 Å². The molecule has 2 atom stereocenters. The van der Waals surface area contributed by atoms with E-state index in [1.165, 1.54) is 16.9 Å². The highest BCUT2D eigenvalue weighted by Gasteiger charge is 2.26. The molecule has 0 spiro atoms. The van der Waals surface area contributed by atoms with Crippen LogP contribution in [-0.2, 0) is 20.9 Å². The number of hydrogen-bond acceptors (Lipinski definition) is 5. The average molecular weight is 419 g/mol. The van der Waals surface area contributed by atoms with Crippen LogP contribution in [0.5, 0.6) is 0 Å². The van der Waals surface area contributed by atoms with E-state index >= 15 is 0 Å². The summed E-state index contributed by atoms with van der Waals surface area (Å²) in [6.45, 7) is 7.57. The summed E-state index contributed by atoms with van der Waals surface area (Å²) in [6.07, 6.45) is 1.13. The number of nitrogens with zero attached hydrogens (tertiary/aromatic N) is 2. The SMILES string of the molecule is Cc1ccc(-c2csc(=S)n2CC(=O)OCC(=O)N2CC(C)CC(C)C2)cc1. The number of aromatic nitrogens is 1. The zero-order valence-corrected chi connectivity index (χ0v) is 18.1. The number of benzene rings is 1. The highest BCUT2D eigenvalue weighted by molar-refractivity contribution is 7.73. The van der Waals surface area contributed by atoms with Crippen LogP contribution >= 0.6 is 23.6 Å². The van der Waals surface area contributed by atoms with E-state index in [0.717, 1.165) is 30.8 Å². The minimum absolute atomic E-state index is 0.00558. The van der Waals surface area contributed by atoms with Gasteiger partial charge in [0.15, 0.2) is 10.6 Å². The third-order valence-electron chi connectivity index (χ3n) is 5.00. The quantitative estimate of drug-likeness (QED) is 0.537. The molecule has 2 heterocycles. The minimum Gasteiger partial charge on any atom is -0.454 e. The van der Waals surface area contributed by atoms with Gasteiger partial charge in [-0.2, -0.15) is 0 Å². The van der Waals surface area contributed by atoms with Crippen molar-refractivity contribution in [3.05, 3.63) is 39.2 Å². The van der Waals surface area contributed by atoms with Crippen molar-refractivity contribution in [3.8, 4) is 11.3 Å². The van der Waals surface area contributed by atoms with Crippen molar-refractivity contribution in [2.24, 2.45) is 11.8 Å². The molecule has 0 radical (unpaired) electrons. The van der Waals surface area contributed by atoms with Crippen molar-refractivity contribution in [2.75, 3.05) is 19.7 Å². The molecule has 150 valence electrons. The number of aryl methyl sites for hydroxylation is 1.